The number of aromatic nitrogens is 2. The van der Waals surface area contributed by atoms with E-state index in [1.807, 2.05) is 42.5 Å². The number of nitrogens with zero attached hydrogens (tertiary/aromatic N) is 1. The van der Waals surface area contributed by atoms with Crippen LogP contribution in [0.1, 0.15) is 0 Å². The summed E-state index contributed by atoms with van der Waals surface area (Å²) in [7, 11) is 1.66. The number of halogens is 1. The fourth-order valence-corrected chi connectivity index (χ4v) is 2.29. The van der Waals surface area contributed by atoms with Gasteiger partial charge in [0, 0.05) is 16.1 Å². The van der Waals surface area contributed by atoms with Crippen molar-refractivity contribution in [2.75, 3.05) is 7.11 Å². The second kappa shape index (κ2) is 4.46. The Balaban J connectivity index is 2.13. The molecule has 4 heteroatoms. The highest BCUT2D eigenvalue weighted by Crippen LogP contribution is 2.25. The van der Waals surface area contributed by atoms with Crippen LogP contribution in [0.5, 0.6) is 5.75 Å². The number of hydrogen-bond donors (Lipinski definition) is 1. The molecule has 0 saturated heterocycles. The van der Waals surface area contributed by atoms with Crippen LogP contribution in [0.4, 0.5) is 0 Å². The maximum absolute atomic E-state index is 5.20. The van der Waals surface area contributed by atoms with Crippen molar-refractivity contribution >= 4 is 27.0 Å². The number of methoxy groups -OCH3 is 1. The Morgan fingerprint density at radius 2 is 2.06 bits per heavy atom. The molecule has 1 N–H and O–H groups in total. The van der Waals surface area contributed by atoms with Crippen molar-refractivity contribution in [3.05, 3.63) is 46.9 Å². The summed E-state index contributed by atoms with van der Waals surface area (Å²) >= 11 is 3.46. The molecule has 0 bridgehead atoms. The highest BCUT2D eigenvalue weighted by atomic mass is 79.9. The Morgan fingerprint density at radius 3 is 2.83 bits per heavy atom. The van der Waals surface area contributed by atoms with Gasteiger partial charge in [0.1, 0.15) is 11.6 Å². The third-order valence-electron chi connectivity index (χ3n) is 2.79. The van der Waals surface area contributed by atoms with Gasteiger partial charge in [0.05, 0.1) is 18.1 Å². The standard InChI is InChI=1S/C14H11BrN2O/c1-18-11-5-6-12-13(8-11)17-14(16-12)9-3-2-4-10(15)7-9/h2-8H,1H3,(H,16,17). The minimum Gasteiger partial charge on any atom is -0.497 e. The van der Waals surface area contributed by atoms with Crippen molar-refractivity contribution in [3.8, 4) is 17.1 Å². The third-order valence-corrected chi connectivity index (χ3v) is 3.28. The lowest BCUT2D eigenvalue weighted by molar-refractivity contribution is 0.415. The minimum absolute atomic E-state index is 0.826. The Kier molecular flexibility index (Phi) is 2.80. The lowest BCUT2D eigenvalue weighted by Crippen LogP contribution is -1.81. The van der Waals surface area contributed by atoms with Crippen LogP contribution in [0.15, 0.2) is 46.9 Å². The molecule has 0 radical (unpaired) electrons. The Bertz CT molecular complexity index is 706. The Morgan fingerprint density at radius 1 is 1.17 bits per heavy atom. The first-order valence-corrected chi connectivity index (χ1v) is 6.35. The number of nitrogens with one attached hydrogen (secondary N) is 1. The fourth-order valence-electron chi connectivity index (χ4n) is 1.89. The molecule has 3 rings (SSSR count). The number of rotatable bonds is 2. The zero-order valence-electron chi connectivity index (χ0n) is 9.77. The van der Waals surface area contributed by atoms with Crippen LogP contribution in [0.2, 0.25) is 0 Å². The molecule has 0 spiro atoms. The predicted molar refractivity (Wildman–Crippen MR) is 75.8 cm³/mol. The topological polar surface area (TPSA) is 37.9 Å². The average molecular weight is 303 g/mol. The van der Waals surface area contributed by atoms with E-state index in [-0.39, 0.29) is 0 Å². The van der Waals surface area contributed by atoms with Gasteiger partial charge >= 0.3 is 0 Å². The minimum atomic E-state index is 0.826. The average Bonchev–Trinajstić information content (AvgIpc) is 2.81. The first kappa shape index (κ1) is 11.3. The number of aromatic amines is 1. The molecule has 3 aromatic rings. The monoisotopic (exact) mass is 302 g/mol. The summed E-state index contributed by atoms with van der Waals surface area (Å²) in [6.07, 6.45) is 0. The normalized spacial score (nSPS) is 10.8. The molecule has 0 fully saturated rings. The number of benzene rings is 2. The summed E-state index contributed by atoms with van der Waals surface area (Å²) in [5.74, 6) is 1.69. The molecule has 0 unspecified atom stereocenters. The molecule has 1 heterocycles. The van der Waals surface area contributed by atoms with Gasteiger partial charge in [-0.05, 0) is 24.3 Å². The van der Waals surface area contributed by atoms with E-state index in [1.165, 1.54) is 0 Å². The molecule has 0 aliphatic heterocycles. The molecular formula is C14H11BrN2O. The third kappa shape index (κ3) is 1.99. The maximum Gasteiger partial charge on any atom is 0.138 e. The van der Waals surface area contributed by atoms with Crippen LogP contribution in [-0.4, -0.2) is 17.1 Å². The van der Waals surface area contributed by atoms with E-state index in [0.717, 1.165) is 32.6 Å². The van der Waals surface area contributed by atoms with Gasteiger partial charge in [-0.25, -0.2) is 4.98 Å². The summed E-state index contributed by atoms with van der Waals surface area (Å²) < 4.78 is 6.24. The molecule has 0 saturated carbocycles. The van der Waals surface area contributed by atoms with Gasteiger partial charge in [-0.1, -0.05) is 28.1 Å². The fraction of sp³-hybridized carbons (Fsp3) is 0.0714. The van der Waals surface area contributed by atoms with Gasteiger partial charge < -0.3 is 9.72 Å². The van der Waals surface area contributed by atoms with Gasteiger partial charge in [0.2, 0.25) is 0 Å². The predicted octanol–water partition coefficient (Wildman–Crippen LogP) is 4.00. The zero-order valence-corrected chi connectivity index (χ0v) is 11.4. The van der Waals surface area contributed by atoms with E-state index in [1.54, 1.807) is 7.11 Å². The van der Waals surface area contributed by atoms with E-state index in [4.69, 9.17) is 4.74 Å². The van der Waals surface area contributed by atoms with Crippen molar-refractivity contribution < 1.29 is 4.74 Å². The molecule has 1 aromatic heterocycles. The highest BCUT2D eigenvalue weighted by molar-refractivity contribution is 9.10. The quantitative estimate of drug-likeness (QED) is 0.777. The molecular weight excluding hydrogens is 292 g/mol. The van der Waals surface area contributed by atoms with Crippen molar-refractivity contribution in [1.29, 1.82) is 0 Å². The summed E-state index contributed by atoms with van der Waals surface area (Å²) in [6.45, 7) is 0. The zero-order chi connectivity index (χ0) is 12.5. The smallest absolute Gasteiger partial charge is 0.138 e. The van der Waals surface area contributed by atoms with Gasteiger partial charge in [0.25, 0.3) is 0 Å². The molecule has 0 aliphatic rings. The summed E-state index contributed by atoms with van der Waals surface area (Å²) in [4.78, 5) is 7.87. The number of fused-ring (bicyclic) bond motifs is 1. The molecule has 3 nitrogen and oxygen atoms in total. The number of ether oxygens (including phenoxy) is 1. The van der Waals surface area contributed by atoms with Crippen molar-refractivity contribution in [1.82, 2.24) is 9.97 Å². The Hall–Kier alpha value is -1.81. The summed E-state index contributed by atoms with van der Waals surface area (Å²) in [5, 5.41) is 0. The highest BCUT2D eigenvalue weighted by Gasteiger charge is 2.06. The van der Waals surface area contributed by atoms with Crippen molar-refractivity contribution in [3.63, 3.8) is 0 Å². The van der Waals surface area contributed by atoms with Gasteiger partial charge in [-0.2, -0.15) is 0 Å². The van der Waals surface area contributed by atoms with Gasteiger partial charge in [-0.15, -0.1) is 0 Å². The lowest BCUT2D eigenvalue weighted by atomic mass is 10.2. The van der Waals surface area contributed by atoms with Crippen molar-refractivity contribution in [2.24, 2.45) is 0 Å². The van der Waals surface area contributed by atoms with Gasteiger partial charge in [0.15, 0.2) is 0 Å². The van der Waals surface area contributed by atoms with E-state index in [9.17, 15) is 0 Å². The largest absolute Gasteiger partial charge is 0.497 e. The van der Waals surface area contributed by atoms with E-state index in [0.29, 0.717) is 0 Å². The van der Waals surface area contributed by atoms with Crippen LogP contribution in [0, 0.1) is 0 Å². The second-order valence-corrected chi connectivity index (χ2v) is 4.89. The van der Waals surface area contributed by atoms with E-state index >= 15 is 0 Å². The van der Waals surface area contributed by atoms with Crippen LogP contribution >= 0.6 is 15.9 Å². The van der Waals surface area contributed by atoms with Gasteiger partial charge in [-0.3, -0.25) is 0 Å². The summed E-state index contributed by atoms with van der Waals surface area (Å²) in [5.41, 5.74) is 2.97. The first-order chi connectivity index (χ1) is 8.76. The molecule has 90 valence electrons. The Labute approximate surface area is 113 Å². The molecule has 0 atom stereocenters. The van der Waals surface area contributed by atoms with Crippen LogP contribution in [0.25, 0.3) is 22.4 Å². The number of hydrogen-bond acceptors (Lipinski definition) is 2. The van der Waals surface area contributed by atoms with Crippen LogP contribution < -0.4 is 4.74 Å². The maximum atomic E-state index is 5.20. The van der Waals surface area contributed by atoms with E-state index < -0.39 is 0 Å². The molecule has 0 amide bonds. The van der Waals surface area contributed by atoms with Crippen LogP contribution in [-0.2, 0) is 0 Å². The molecule has 0 aliphatic carbocycles. The lowest BCUT2D eigenvalue weighted by Gasteiger charge is -1.97. The molecule has 18 heavy (non-hydrogen) atoms. The summed E-state index contributed by atoms with van der Waals surface area (Å²) in [6, 6.07) is 13.9. The number of H-pyrrole nitrogens is 1. The van der Waals surface area contributed by atoms with E-state index in [2.05, 4.69) is 25.9 Å². The second-order valence-electron chi connectivity index (χ2n) is 3.98. The number of imidazole rings is 1. The SMILES string of the molecule is COc1ccc2nc(-c3cccc(Br)c3)[nH]c2c1. The molecule has 2 aromatic carbocycles. The first-order valence-electron chi connectivity index (χ1n) is 5.56. The van der Waals surface area contributed by atoms with Crippen LogP contribution in [0.3, 0.4) is 0 Å². The van der Waals surface area contributed by atoms with Crippen molar-refractivity contribution in [2.45, 2.75) is 0 Å².